The number of anilines is 1. The number of rotatable bonds is 10. The summed E-state index contributed by atoms with van der Waals surface area (Å²) < 4.78 is 10.8. The second kappa shape index (κ2) is 11.7. The van der Waals surface area contributed by atoms with Gasteiger partial charge in [-0.25, -0.2) is 0 Å². The number of benzene rings is 2. The molecule has 0 spiro atoms. The maximum absolute atomic E-state index is 13.5. The summed E-state index contributed by atoms with van der Waals surface area (Å²) in [5.41, 5.74) is 2.09. The number of methoxy groups -OCH3 is 1. The number of aliphatic hydroxyl groups is 1. The van der Waals surface area contributed by atoms with Gasteiger partial charge in [0.2, 0.25) is 0 Å². The lowest BCUT2D eigenvalue weighted by Gasteiger charge is -2.29. The zero-order valence-corrected chi connectivity index (χ0v) is 22.9. The van der Waals surface area contributed by atoms with Crippen molar-refractivity contribution in [2.75, 3.05) is 32.2 Å². The number of furan rings is 1. The van der Waals surface area contributed by atoms with Crippen LogP contribution in [0.4, 0.5) is 5.69 Å². The molecule has 8 heteroatoms. The third-order valence-electron chi connectivity index (χ3n) is 6.74. The van der Waals surface area contributed by atoms with Crippen LogP contribution in [0, 0.1) is 12.8 Å². The van der Waals surface area contributed by atoms with Crippen molar-refractivity contribution < 1.29 is 28.6 Å². The molecule has 1 aliphatic rings. The molecule has 1 unspecified atom stereocenters. The Hall–Kier alpha value is -4.17. The number of carbonyl (C=O) groups is 3. The highest BCUT2D eigenvalue weighted by Crippen LogP contribution is 2.43. The Morgan fingerprint density at radius 2 is 1.77 bits per heavy atom. The summed E-state index contributed by atoms with van der Waals surface area (Å²) in [6.07, 6.45) is 0.150. The molecule has 1 aromatic heterocycles. The molecule has 1 N–H and O–H groups in total. The van der Waals surface area contributed by atoms with Gasteiger partial charge in [0.05, 0.1) is 18.2 Å². The van der Waals surface area contributed by atoms with E-state index in [9.17, 15) is 19.5 Å². The Kier molecular flexibility index (Phi) is 8.35. The molecule has 2 amide bonds. The first-order valence-corrected chi connectivity index (χ1v) is 12.9. The number of hydrogen-bond acceptors (Lipinski definition) is 6. The van der Waals surface area contributed by atoms with Gasteiger partial charge in [-0.1, -0.05) is 32.0 Å². The minimum Gasteiger partial charge on any atom is -0.503 e. The molecule has 0 fully saturated rings. The zero-order valence-electron chi connectivity index (χ0n) is 22.9. The number of likely N-dealkylation sites (N-methyl/N-ethyl adjacent to an activating group) is 1. The van der Waals surface area contributed by atoms with E-state index < -0.39 is 17.7 Å². The van der Waals surface area contributed by atoms with Gasteiger partial charge in [0.25, 0.3) is 11.8 Å². The van der Waals surface area contributed by atoms with Crippen LogP contribution < -0.4 is 4.90 Å². The molecule has 0 saturated heterocycles. The molecule has 204 valence electrons. The van der Waals surface area contributed by atoms with Crippen LogP contribution in [0.15, 0.2) is 76.4 Å². The highest BCUT2D eigenvalue weighted by Gasteiger charge is 2.45. The van der Waals surface area contributed by atoms with Crippen LogP contribution in [0.2, 0.25) is 0 Å². The molecule has 0 radical (unpaired) electrons. The van der Waals surface area contributed by atoms with Gasteiger partial charge < -0.3 is 19.2 Å². The first kappa shape index (κ1) is 27.9. The lowest BCUT2D eigenvalue weighted by molar-refractivity contribution is -0.118. The molecular weight excluding hydrogens is 496 g/mol. The summed E-state index contributed by atoms with van der Waals surface area (Å²) in [4.78, 5) is 43.4. The molecule has 8 nitrogen and oxygen atoms in total. The molecule has 0 saturated carbocycles. The third-order valence-corrected chi connectivity index (χ3v) is 6.74. The van der Waals surface area contributed by atoms with Crippen molar-refractivity contribution >= 4 is 23.3 Å². The minimum atomic E-state index is -0.976. The van der Waals surface area contributed by atoms with Gasteiger partial charge in [0.15, 0.2) is 11.5 Å². The van der Waals surface area contributed by atoms with Crippen LogP contribution in [0.1, 0.15) is 48.0 Å². The largest absolute Gasteiger partial charge is 0.503 e. The zero-order chi connectivity index (χ0) is 28.3. The van der Waals surface area contributed by atoms with E-state index in [1.54, 1.807) is 50.6 Å². The van der Waals surface area contributed by atoms with E-state index >= 15 is 0 Å². The predicted molar refractivity (Wildman–Crippen MR) is 149 cm³/mol. The van der Waals surface area contributed by atoms with Crippen molar-refractivity contribution in [1.29, 1.82) is 0 Å². The molecule has 4 rings (SSSR count). The standard InChI is InChI=1S/C31H34N2O6/c1-19(2)18-25(34)27-28(23-8-6-7-9-24(23)30(36)32(4)16-17-38-5)33(31(37)29(27)35)22-13-11-21(12-14-22)26-15-10-20(3)39-26/h6-15,19,28,35H,16-18H2,1-5H3. The van der Waals surface area contributed by atoms with Crippen LogP contribution >= 0.6 is 0 Å². The number of carbonyl (C=O) groups excluding carboxylic acids is 3. The summed E-state index contributed by atoms with van der Waals surface area (Å²) >= 11 is 0. The highest BCUT2D eigenvalue weighted by atomic mass is 16.5. The van der Waals surface area contributed by atoms with Crippen molar-refractivity contribution in [3.63, 3.8) is 0 Å². The number of nitrogens with zero attached hydrogens (tertiary/aromatic N) is 2. The smallest absolute Gasteiger partial charge is 0.294 e. The van der Waals surface area contributed by atoms with Gasteiger partial charge in [-0.05, 0) is 60.9 Å². The summed E-state index contributed by atoms with van der Waals surface area (Å²) in [7, 11) is 3.23. The van der Waals surface area contributed by atoms with E-state index in [1.807, 2.05) is 45.0 Å². The van der Waals surface area contributed by atoms with Gasteiger partial charge >= 0.3 is 0 Å². The molecule has 0 bridgehead atoms. The first-order valence-electron chi connectivity index (χ1n) is 12.9. The number of Topliss-reactive ketones (excluding diaryl/α,β-unsaturated/α-hetero) is 1. The van der Waals surface area contributed by atoms with E-state index in [2.05, 4.69) is 0 Å². The van der Waals surface area contributed by atoms with Crippen molar-refractivity contribution in [1.82, 2.24) is 4.90 Å². The number of hydrogen-bond donors (Lipinski definition) is 1. The molecule has 3 aromatic rings. The molecule has 1 atom stereocenters. The molecule has 2 aromatic carbocycles. The Morgan fingerprint density at radius 1 is 1.08 bits per heavy atom. The molecule has 39 heavy (non-hydrogen) atoms. The molecule has 2 heterocycles. The van der Waals surface area contributed by atoms with E-state index in [0.29, 0.717) is 35.7 Å². The SMILES string of the molecule is COCCN(C)C(=O)c1ccccc1C1C(C(=O)CC(C)C)=C(O)C(=O)N1c1ccc(-c2ccc(C)o2)cc1. The number of aliphatic hydroxyl groups excluding tert-OH is 1. The minimum absolute atomic E-state index is 0.000713. The van der Waals surface area contributed by atoms with Gasteiger partial charge in [-0.15, -0.1) is 0 Å². The fourth-order valence-corrected chi connectivity index (χ4v) is 4.77. The lowest BCUT2D eigenvalue weighted by atomic mass is 9.89. The summed E-state index contributed by atoms with van der Waals surface area (Å²) in [5, 5.41) is 11.0. The van der Waals surface area contributed by atoms with Gasteiger partial charge in [0, 0.05) is 43.9 Å². The number of amides is 2. The highest BCUT2D eigenvalue weighted by molar-refractivity contribution is 6.17. The molecule has 1 aliphatic heterocycles. The van der Waals surface area contributed by atoms with Gasteiger partial charge in [-0.2, -0.15) is 0 Å². The molecule has 0 aliphatic carbocycles. The number of ether oxygens (including phenoxy) is 1. The fraction of sp³-hybridized carbons (Fsp3) is 0.323. The fourth-order valence-electron chi connectivity index (χ4n) is 4.77. The van der Waals surface area contributed by atoms with Crippen molar-refractivity contribution in [3.8, 4) is 11.3 Å². The Labute approximate surface area is 228 Å². The van der Waals surface area contributed by atoms with Crippen molar-refractivity contribution in [3.05, 3.63) is 88.9 Å². The van der Waals surface area contributed by atoms with Crippen LogP contribution in [-0.2, 0) is 14.3 Å². The Balaban J connectivity index is 1.82. The van der Waals surface area contributed by atoms with Crippen molar-refractivity contribution in [2.45, 2.75) is 33.2 Å². The van der Waals surface area contributed by atoms with E-state index in [1.165, 1.54) is 9.80 Å². The van der Waals surface area contributed by atoms with Gasteiger partial charge in [0.1, 0.15) is 11.5 Å². The average molecular weight is 531 g/mol. The maximum Gasteiger partial charge on any atom is 0.294 e. The van der Waals surface area contributed by atoms with Crippen LogP contribution in [0.25, 0.3) is 11.3 Å². The van der Waals surface area contributed by atoms with Crippen LogP contribution in [-0.4, -0.2) is 54.9 Å². The topological polar surface area (TPSA) is 100 Å². The summed E-state index contributed by atoms with van der Waals surface area (Å²) in [6, 6.07) is 16.8. The number of aryl methyl sites for hydroxylation is 1. The van der Waals surface area contributed by atoms with E-state index in [4.69, 9.17) is 9.15 Å². The monoisotopic (exact) mass is 530 g/mol. The van der Waals surface area contributed by atoms with E-state index in [-0.39, 0.29) is 29.6 Å². The maximum atomic E-state index is 13.5. The first-order chi connectivity index (χ1) is 18.6. The second-order valence-corrected chi connectivity index (χ2v) is 10.1. The summed E-state index contributed by atoms with van der Waals surface area (Å²) in [5.74, 6) is -0.414. The van der Waals surface area contributed by atoms with Crippen molar-refractivity contribution in [2.24, 2.45) is 5.92 Å². The summed E-state index contributed by atoms with van der Waals surface area (Å²) in [6.45, 7) is 6.39. The predicted octanol–water partition coefficient (Wildman–Crippen LogP) is 5.49. The average Bonchev–Trinajstić information content (AvgIpc) is 3.47. The Morgan fingerprint density at radius 3 is 2.38 bits per heavy atom. The quantitative estimate of drug-likeness (QED) is 0.372. The van der Waals surface area contributed by atoms with E-state index in [0.717, 1.165) is 11.3 Å². The van der Waals surface area contributed by atoms with Gasteiger partial charge in [-0.3, -0.25) is 19.3 Å². The number of ketones is 1. The lowest BCUT2D eigenvalue weighted by Crippen LogP contribution is -2.34. The normalized spacial score (nSPS) is 15.4. The second-order valence-electron chi connectivity index (χ2n) is 10.1. The Bertz CT molecular complexity index is 1400. The third kappa shape index (κ3) is 5.66. The van der Waals surface area contributed by atoms with Crippen LogP contribution in [0.5, 0.6) is 0 Å². The molecular formula is C31H34N2O6. The van der Waals surface area contributed by atoms with Crippen LogP contribution in [0.3, 0.4) is 0 Å².